The second-order valence-corrected chi connectivity index (χ2v) is 17.7. The van der Waals surface area contributed by atoms with E-state index >= 15 is 0 Å². The maximum absolute atomic E-state index is 2.52. The van der Waals surface area contributed by atoms with Crippen molar-refractivity contribution >= 4 is 13.3 Å². The molecule has 80 valence electrons. The van der Waals surface area contributed by atoms with E-state index in [9.17, 15) is 0 Å². The van der Waals surface area contributed by atoms with Crippen LogP contribution < -0.4 is 0 Å². The first-order chi connectivity index (χ1) is 5.88. The Kier molecular flexibility index (Phi) is 5.06. The van der Waals surface area contributed by atoms with Crippen LogP contribution in [0.4, 0.5) is 0 Å². The molecule has 13 heavy (non-hydrogen) atoms. The Morgan fingerprint density at radius 3 is 1.31 bits per heavy atom. The predicted molar refractivity (Wildman–Crippen MR) is 66.1 cm³/mol. The molecule has 0 saturated heterocycles. The summed E-state index contributed by atoms with van der Waals surface area (Å²) in [6.45, 7) is 17.1. The molecule has 0 rings (SSSR count). The van der Waals surface area contributed by atoms with E-state index in [4.69, 9.17) is 0 Å². The van der Waals surface area contributed by atoms with E-state index in [1.807, 2.05) is 0 Å². The zero-order valence-electron chi connectivity index (χ0n) is 10.7. The molecule has 0 aromatic carbocycles. The van der Waals surface area contributed by atoms with Crippen molar-refractivity contribution in [2.24, 2.45) is 5.92 Å². The number of hydrogen-bond donors (Lipinski definition) is 0. The molecular formula is C12H28Ge. The minimum absolute atomic E-state index is 0.651. The van der Waals surface area contributed by atoms with Crippen LogP contribution in [0.15, 0.2) is 0 Å². The van der Waals surface area contributed by atoms with Gasteiger partial charge in [0.05, 0.1) is 0 Å². The van der Waals surface area contributed by atoms with E-state index in [1.165, 1.54) is 15.8 Å². The number of hydrogen-bond acceptors (Lipinski definition) is 0. The van der Waals surface area contributed by atoms with Crippen molar-refractivity contribution in [2.75, 3.05) is 0 Å². The van der Waals surface area contributed by atoms with E-state index in [-0.39, 0.29) is 0 Å². The van der Waals surface area contributed by atoms with Crippen molar-refractivity contribution in [1.82, 2.24) is 0 Å². The van der Waals surface area contributed by atoms with Crippen molar-refractivity contribution in [3.8, 4) is 0 Å². The van der Waals surface area contributed by atoms with Gasteiger partial charge in [-0.25, -0.2) is 0 Å². The van der Waals surface area contributed by atoms with Gasteiger partial charge < -0.3 is 0 Å². The van der Waals surface area contributed by atoms with Crippen LogP contribution >= 0.6 is 0 Å². The second kappa shape index (κ2) is 4.86. The van der Waals surface area contributed by atoms with Gasteiger partial charge in [0.2, 0.25) is 0 Å². The Morgan fingerprint density at radius 1 is 0.923 bits per heavy atom. The standard InChI is InChI=1S/C12H28Ge/c1-8-13(9-2,10-3)12(6,7)11(4)5/h11H,8-10H2,1-7H3. The summed E-state index contributed by atoms with van der Waals surface area (Å²) in [5, 5.41) is 4.49. The maximum atomic E-state index is 2.52. The van der Waals surface area contributed by atoms with Crippen LogP contribution in [0.3, 0.4) is 0 Å². The van der Waals surface area contributed by atoms with Crippen LogP contribution in [-0.4, -0.2) is 13.3 Å². The first-order valence-corrected chi connectivity index (χ1v) is 11.4. The van der Waals surface area contributed by atoms with Crippen LogP contribution in [-0.2, 0) is 0 Å². The first-order valence-electron chi connectivity index (χ1n) is 5.88. The van der Waals surface area contributed by atoms with Gasteiger partial charge >= 0.3 is 87.7 Å². The summed E-state index contributed by atoms with van der Waals surface area (Å²) in [5.41, 5.74) is 0. The van der Waals surface area contributed by atoms with E-state index in [1.54, 1.807) is 0 Å². The summed E-state index contributed by atoms with van der Waals surface area (Å²) in [4.78, 5) is 0. The van der Waals surface area contributed by atoms with E-state index in [0.717, 1.165) is 5.92 Å². The minimum atomic E-state index is -1.55. The molecule has 0 radical (unpaired) electrons. The zero-order chi connectivity index (χ0) is 10.7. The van der Waals surface area contributed by atoms with Gasteiger partial charge in [0.15, 0.2) is 0 Å². The molecule has 0 aliphatic rings. The van der Waals surface area contributed by atoms with Gasteiger partial charge in [0.25, 0.3) is 0 Å². The monoisotopic (exact) mass is 246 g/mol. The van der Waals surface area contributed by atoms with Crippen LogP contribution in [0.2, 0.25) is 20.0 Å². The summed E-state index contributed by atoms with van der Waals surface area (Å²) < 4.78 is 0.651. The molecule has 0 fully saturated rings. The topological polar surface area (TPSA) is 0 Å². The van der Waals surface area contributed by atoms with Crippen molar-refractivity contribution in [2.45, 2.75) is 68.5 Å². The van der Waals surface area contributed by atoms with Crippen molar-refractivity contribution in [3.05, 3.63) is 0 Å². The molecule has 0 heterocycles. The molecule has 0 saturated carbocycles. The average molecular weight is 245 g/mol. The summed E-state index contributed by atoms with van der Waals surface area (Å²) in [6.07, 6.45) is 0. The molecule has 0 aliphatic carbocycles. The van der Waals surface area contributed by atoms with E-state index in [2.05, 4.69) is 48.5 Å². The first kappa shape index (κ1) is 13.5. The summed E-state index contributed by atoms with van der Waals surface area (Å²) >= 11 is -1.55. The molecule has 0 spiro atoms. The molecule has 0 aromatic heterocycles. The molecule has 0 atom stereocenters. The molecule has 1 heteroatoms. The van der Waals surface area contributed by atoms with Gasteiger partial charge in [0, 0.05) is 0 Å². The third kappa shape index (κ3) is 2.31. The third-order valence-electron chi connectivity index (χ3n) is 4.84. The van der Waals surface area contributed by atoms with Crippen LogP contribution in [0.25, 0.3) is 0 Å². The molecule has 0 amide bonds. The van der Waals surface area contributed by atoms with E-state index < -0.39 is 13.3 Å². The third-order valence-corrected chi connectivity index (χ3v) is 20.3. The quantitative estimate of drug-likeness (QED) is 0.602. The SMILES string of the molecule is C[CH2][Ge]([CH2]C)([CH2]C)[C](C)(C)C(C)C. The van der Waals surface area contributed by atoms with Crippen molar-refractivity contribution in [3.63, 3.8) is 0 Å². The van der Waals surface area contributed by atoms with Crippen LogP contribution in [0, 0.1) is 5.92 Å². The van der Waals surface area contributed by atoms with Gasteiger partial charge in [0.1, 0.15) is 0 Å². The molecule has 0 bridgehead atoms. The Bertz CT molecular complexity index is 135. The zero-order valence-corrected chi connectivity index (χ0v) is 12.8. The summed E-state index contributed by atoms with van der Waals surface area (Å²) in [7, 11) is 0. The molecule has 0 nitrogen and oxygen atoms in total. The molecule has 0 N–H and O–H groups in total. The van der Waals surface area contributed by atoms with Crippen molar-refractivity contribution in [1.29, 1.82) is 0 Å². The molecule has 0 aromatic rings. The fourth-order valence-electron chi connectivity index (χ4n) is 2.73. The van der Waals surface area contributed by atoms with Crippen LogP contribution in [0.1, 0.15) is 48.5 Å². The van der Waals surface area contributed by atoms with Crippen LogP contribution in [0.5, 0.6) is 0 Å². The Labute approximate surface area is 87.9 Å². The van der Waals surface area contributed by atoms with Gasteiger partial charge in [-0.2, -0.15) is 0 Å². The molecular weight excluding hydrogens is 217 g/mol. The predicted octanol–water partition coefficient (Wildman–Crippen LogP) is 4.93. The molecule has 0 unspecified atom stereocenters. The van der Waals surface area contributed by atoms with Gasteiger partial charge in [-0.05, 0) is 0 Å². The fraction of sp³-hybridized carbons (Fsp3) is 1.00. The Hall–Kier alpha value is 0.543. The molecule has 0 aliphatic heterocycles. The van der Waals surface area contributed by atoms with Gasteiger partial charge in [-0.3, -0.25) is 0 Å². The average Bonchev–Trinajstić information content (AvgIpc) is 2.08. The van der Waals surface area contributed by atoms with Gasteiger partial charge in [-0.15, -0.1) is 0 Å². The normalized spacial score (nSPS) is 13.8. The Morgan fingerprint density at radius 2 is 1.23 bits per heavy atom. The fourth-order valence-corrected chi connectivity index (χ4v) is 14.2. The van der Waals surface area contributed by atoms with Gasteiger partial charge in [-0.1, -0.05) is 0 Å². The number of rotatable bonds is 5. The van der Waals surface area contributed by atoms with Crippen molar-refractivity contribution < 1.29 is 0 Å². The summed E-state index contributed by atoms with van der Waals surface area (Å²) in [5.74, 6) is 0.854. The van der Waals surface area contributed by atoms with E-state index in [0.29, 0.717) is 4.25 Å². The Balaban J connectivity index is 4.91. The second-order valence-electron chi connectivity index (χ2n) is 5.22. The summed E-state index contributed by atoms with van der Waals surface area (Å²) in [6, 6.07) is 0.